The number of β-amino-alcohol motifs (C(OH)–C–C–N with tert-alkyl or cyclic N) is 1. The molecule has 2 N–H and O–H groups in total. The molecule has 1 amide bonds. The summed E-state index contributed by atoms with van der Waals surface area (Å²) >= 11 is 0. The monoisotopic (exact) mass is 505 g/mol. The molecule has 6 aliphatic rings. The van der Waals surface area contributed by atoms with Crippen LogP contribution in [0.2, 0.25) is 0 Å². The molecule has 9 nitrogen and oxygen atoms in total. The number of hydrogen-bond donors (Lipinski definition) is 2. The van der Waals surface area contributed by atoms with Crippen molar-refractivity contribution in [3.63, 3.8) is 0 Å². The van der Waals surface area contributed by atoms with Gasteiger partial charge in [-0.3, -0.25) is 24.2 Å². The fraction of sp³-hybridized carbons (Fsp3) is 0.643. The molecule has 0 spiro atoms. The Kier molecular flexibility index (Phi) is 5.53. The number of pyridine rings is 1. The van der Waals surface area contributed by atoms with Gasteiger partial charge in [0.2, 0.25) is 5.78 Å². The summed E-state index contributed by atoms with van der Waals surface area (Å²) < 4.78 is 2.17. The summed E-state index contributed by atoms with van der Waals surface area (Å²) in [6.45, 7) is 3.00. The highest BCUT2D eigenvalue weighted by molar-refractivity contribution is 6.36. The Morgan fingerprint density at radius 1 is 1.08 bits per heavy atom. The summed E-state index contributed by atoms with van der Waals surface area (Å²) in [5.74, 6) is 0.488. The lowest BCUT2D eigenvalue weighted by molar-refractivity contribution is -0.148. The van der Waals surface area contributed by atoms with Crippen molar-refractivity contribution >= 4 is 28.7 Å². The maximum Gasteiger partial charge on any atom is 0.290 e. The Bertz CT molecular complexity index is 1280. The predicted molar refractivity (Wildman–Crippen MR) is 137 cm³/mol. The lowest BCUT2D eigenvalue weighted by atomic mass is 9.52. The van der Waals surface area contributed by atoms with Crippen LogP contribution in [0.1, 0.15) is 55.1 Å². The standard InChI is InChI=1S/C28H35N5O4/c34-9-8-31-4-6-32(7-5-31)27(36)24(35)12-23-21-16-29-22-3-1-2-20(22)26(21)33(30-23)25-18-10-17-11-19(25)15-28(37,13-17)14-18/h1-2,16-19,25,34,37H,3-15H2/t17?,18-,19+,25?,28?. The van der Waals surface area contributed by atoms with Gasteiger partial charge in [-0.05, 0) is 49.9 Å². The van der Waals surface area contributed by atoms with Gasteiger partial charge in [0.25, 0.3) is 5.91 Å². The van der Waals surface area contributed by atoms with Crippen molar-refractivity contribution in [1.82, 2.24) is 24.6 Å². The van der Waals surface area contributed by atoms with E-state index in [1.165, 1.54) is 0 Å². The largest absolute Gasteiger partial charge is 0.395 e. The number of ketones is 1. The van der Waals surface area contributed by atoms with Crippen molar-refractivity contribution in [2.24, 2.45) is 17.8 Å². The van der Waals surface area contributed by atoms with Gasteiger partial charge in [0.05, 0.1) is 41.6 Å². The second-order valence-electron chi connectivity index (χ2n) is 12.0. The van der Waals surface area contributed by atoms with E-state index in [2.05, 4.69) is 26.7 Å². The van der Waals surface area contributed by atoms with Gasteiger partial charge in [-0.15, -0.1) is 0 Å². The smallest absolute Gasteiger partial charge is 0.290 e. The number of aliphatic hydroxyl groups is 2. The summed E-state index contributed by atoms with van der Waals surface area (Å²) in [7, 11) is 0. The third-order valence-electron chi connectivity index (χ3n) is 9.65. The fourth-order valence-electron chi connectivity index (χ4n) is 8.29. The number of carbonyl (C=O) groups excluding carboxylic acids is 2. The third-order valence-corrected chi connectivity index (χ3v) is 9.65. The van der Waals surface area contributed by atoms with Gasteiger partial charge in [0.1, 0.15) is 0 Å². The first-order valence-electron chi connectivity index (χ1n) is 13.9. The van der Waals surface area contributed by atoms with E-state index >= 15 is 0 Å². The summed E-state index contributed by atoms with van der Waals surface area (Å²) in [5.41, 5.74) is 3.27. The molecule has 9 heteroatoms. The van der Waals surface area contributed by atoms with Crippen molar-refractivity contribution in [2.45, 2.75) is 56.6 Å². The predicted octanol–water partition coefficient (Wildman–Crippen LogP) is 1.36. The topological polar surface area (TPSA) is 112 Å². The Labute approximate surface area is 216 Å². The van der Waals surface area contributed by atoms with Crippen molar-refractivity contribution in [3.05, 3.63) is 29.2 Å². The minimum atomic E-state index is -0.522. The minimum absolute atomic E-state index is 0.0298. The number of rotatable bonds is 6. The van der Waals surface area contributed by atoms with Crippen LogP contribution in [0.25, 0.3) is 17.0 Å². The molecule has 1 aliphatic heterocycles. The third kappa shape index (κ3) is 3.85. The second-order valence-corrected chi connectivity index (χ2v) is 12.0. The molecular formula is C28H35N5O4. The van der Waals surface area contributed by atoms with Crippen LogP contribution in [0.3, 0.4) is 0 Å². The molecule has 1 saturated heterocycles. The van der Waals surface area contributed by atoms with E-state index in [0.29, 0.717) is 56.2 Å². The number of allylic oxidation sites excluding steroid dienone is 1. The number of aromatic nitrogens is 3. The molecule has 0 radical (unpaired) electrons. The number of hydrogen-bond acceptors (Lipinski definition) is 7. The quantitative estimate of drug-likeness (QED) is 0.570. The van der Waals surface area contributed by atoms with Crippen LogP contribution < -0.4 is 0 Å². The summed E-state index contributed by atoms with van der Waals surface area (Å²) in [6.07, 6.45) is 11.7. The highest BCUT2D eigenvalue weighted by Crippen LogP contribution is 2.60. The number of fused-ring (bicyclic) bond motifs is 3. The Balaban J connectivity index is 1.20. The molecular weight excluding hydrogens is 470 g/mol. The Hall–Kier alpha value is -2.62. The number of nitrogens with zero attached hydrogens (tertiary/aromatic N) is 5. The van der Waals surface area contributed by atoms with Crippen LogP contribution in [0, 0.1) is 17.8 Å². The van der Waals surface area contributed by atoms with Crippen LogP contribution in [-0.4, -0.2) is 91.4 Å². The van der Waals surface area contributed by atoms with Crippen LogP contribution in [0.4, 0.5) is 0 Å². The first-order chi connectivity index (χ1) is 17.9. The number of aliphatic hydroxyl groups excluding tert-OH is 1. The molecule has 196 valence electrons. The zero-order chi connectivity index (χ0) is 25.3. The average Bonchev–Trinajstić information content (AvgIpc) is 3.48. The van der Waals surface area contributed by atoms with Crippen molar-refractivity contribution in [2.75, 3.05) is 39.3 Å². The molecule has 0 aromatic carbocycles. The van der Waals surface area contributed by atoms with Crippen molar-refractivity contribution < 1.29 is 19.8 Å². The van der Waals surface area contributed by atoms with Crippen LogP contribution in [0.15, 0.2) is 12.3 Å². The lowest BCUT2D eigenvalue weighted by Gasteiger charge is -2.58. The molecule has 5 atom stereocenters. The zero-order valence-electron chi connectivity index (χ0n) is 21.2. The van der Waals surface area contributed by atoms with Crippen molar-refractivity contribution in [3.8, 4) is 0 Å². The van der Waals surface area contributed by atoms with E-state index in [-0.39, 0.29) is 19.1 Å². The Morgan fingerprint density at radius 2 is 1.84 bits per heavy atom. The van der Waals surface area contributed by atoms with E-state index in [4.69, 9.17) is 10.2 Å². The highest BCUT2D eigenvalue weighted by atomic mass is 16.3. The highest BCUT2D eigenvalue weighted by Gasteiger charge is 2.56. The number of amides is 1. The summed E-state index contributed by atoms with van der Waals surface area (Å²) in [4.78, 5) is 34.7. The SMILES string of the molecule is O=C(Cc1nn(C2[C@@H]3CC4C[C@H]2CC(O)(C4)C3)c2c3c(ncc12)CC=C3)C(=O)N1CCN(CCO)CC1. The van der Waals surface area contributed by atoms with E-state index < -0.39 is 17.3 Å². The van der Waals surface area contributed by atoms with Gasteiger partial charge in [-0.25, -0.2) is 0 Å². The summed E-state index contributed by atoms with van der Waals surface area (Å²) in [6, 6.07) is 0.207. The second kappa shape index (κ2) is 8.71. The molecule has 3 heterocycles. The number of piperazine rings is 1. The summed E-state index contributed by atoms with van der Waals surface area (Å²) in [5, 5.41) is 26.2. The van der Waals surface area contributed by atoms with Gasteiger partial charge in [-0.1, -0.05) is 12.2 Å². The lowest BCUT2D eigenvalue weighted by Crippen LogP contribution is -2.55. The maximum absolute atomic E-state index is 13.2. The maximum atomic E-state index is 13.2. The minimum Gasteiger partial charge on any atom is -0.395 e. The van der Waals surface area contributed by atoms with E-state index in [1.807, 2.05) is 6.20 Å². The number of carbonyl (C=O) groups is 2. The first kappa shape index (κ1) is 23.5. The zero-order valence-corrected chi connectivity index (χ0v) is 21.2. The Morgan fingerprint density at radius 3 is 2.54 bits per heavy atom. The van der Waals surface area contributed by atoms with Gasteiger partial charge < -0.3 is 15.1 Å². The van der Waals surface area contributed by atoms with E-state index in [1.54, 1.807) is 4.90 Å². The number of Topliss-reactive ketones (excluding diaryl/α,β-unsaturated/α-hetero) is 1. The van der Waals surface area contributed by atoms with Crippen LogP contribution in [-0.2, 0) is 22.4 Å². The van der Waals surface area contributed by atoms with E-state index in [0.717, 1.165) is 60.7 Å². The molecule has 4 bridgehead atoms. The molecule has 2 aromatic rings. The fourth-order valence-corrected chi connectivity index (χ4v) is 8.29. The van der Waals surface area contributed by atoms with Gasteiger partial charge in [0, 0.05) is 56.3 Å². The van der Waals surface area contributed by atoms with Crippen LogP contribution >= 0.6 is 0 Å². The normalized spacial score (nSPS) is 32.4. The van der Waals surface area contributed by atoms with Gasteiger partial charge in [-0.2, -0.15) is 5.10 Å². The molecule has 5 aliphatic carbocycles. The average molecular weight is 506 g/mol. The van der Waals surface area contributed by atoms with Crippen LogP contribution in [0.5, 0.6) is 0 Å². The molecule has 37 heavy (non-hydrogen) atoms. The molecule has 4 saturated carbocycles. The van der Waals surface area contributed by atoms with Crippen molar-refractivity contribution in [1.29, 1.82) is 0 Å². The van der Waals surface area contributed by atoms with Gasteiger partial charge in [0.15, 0.2) is 0 Å². The van der Waals surface area contributed by atoms with E-state index in [9.17, 15) is 14.7 Å². The first-order valence-corrected chi connectivity index (χ1v) is 13.9. The molecule has 2 aromatic heterocycles. The molecule has 8 rings (SSSR count). The van der Waals surface area contributed by atoms with Gasteiger partial charge >= 0.3 is 0 Å². The molecule has 5 fully saturated rings. The molecule has 3 unspecified atom stereocenters.